The molecular weight excluding hydrogens is 281 g/mol. The zero-order valence-electron chi connectivity index (χ0n) is 11.0. The smallest absolute Gasteiger partial charge is 0.329 e. The zero-order valence-corrected chi connectivity index (χ0v) is 11.0. The number of pyridine rings is 1. The quantitative estimate of drug-likeness (QED) is 0.882. The molecule has 0 aliphatic heterocycles. The van der Waals surface area contributed by atoms with Gasteiger partial charge >= 0.3 is 6.18 Å². The molecule has 0 saturated heterocycles. The van der Waals surface area contributed by atoms with Gasteiger partial charge in [-0.2, -0.15) is 13.2 Å². The first-order chi connectivity index (χ1) is 9.95. The topological polar surface area (TPSA) is 56.0 Å². The van der Waals surface area contributed by atoms with Gasteiger partial charge in [0, 0.05) is 24.5 Å². The van der Waals surface area contributed by atoms with E-state index in [1.54, 1.807) is 30.3 Å². The van der Waals surface area contributed by atoms with E-state index in [4.69, 9.17) is 5.73 Å². The van der Waals surface area contributed by atoms with Crippen molar-refractivity contribution in [2.45, 2.75) is 12.1 Å². The monoisotopic (exact) mass is 294 g/mol. The van der Waals surface area contributed by atoms with Crippen molar-refractivity contribution in [3.05, 3.63) is 65.5 Å². The number of halogens is 3. The second kappa shape index (κ2) is 6.05. The summed E-state index contributed by atoms with van der Waals surface area (Å²) in [5.41, 5.74) is 4.72. The summed E-state index contributed by atoms with van der Waals surface area (Å²) in [4.78, 5) is 16.1. The first-order valence-corrected chi connectivity index (χ1v) is 6.25. The maximum Gasteiger partial charge on any atom is 0.417 e. The van der Waals surface area contributed by atoms with Gasteiger partial charge in [0.2, 0.25) is 0 Å². The van der Waals surface area contributed by atoms with Crippen LogP contribution in [0.25, 0.3) is 0 Å². The molecule has 6 heteroatoms. The molecule has 21 heavy (non-hydrogen) atoms. The number of nitrogens with zero attached hydrogens (tertiary/aromatic N) is 1. The number of carbonyl (C=O) groups excluding carboxylic acids is 1. The van der Waals surface area contributed by atoms with Gasteiger partial charge in [0.25, 0.3) is 0 Å². The van der Waals surface area contributed by atoms with Crippen molar-refractivity contribution in [3.63, 3.8) is 0 Å². The van der Waals surface area contributed by atoms with E-state index in [1.807, 2.05) is 0 Å². The number of ketones is 1. The zero-order chi connectivity index (χ0) is 15.5. The third kappa shape index (κ3) is 3.28. The predicted molar refractivity (Wildman–Crippen MR) is 71.8 cm³/mol. The molecule has 0 saturated carbocycles. The van der Waals surface area contributed by atoms with Gasteiger partial charge in [-0.1, -0.05) is 30.3 Å². The summed E-state index contributed by atoms with van der Waals surface area (Å²) in [5, 5.41) is 0. The van der Waals surface area contributed by atoms with Crippen LogP contribution in [0, 0.1) is 0 Å². The van der Waals surface area contributed by atoms with Crippen molar-refractivity contribution in [2.75, 3.05) is 6.54 Å². The van der Waals surface area contributed by atoms with Gasteiger partial charge in [0.05, 0.1) is 11.5 Å². The molecule has 0 bridgehead atoms. The van der Waals surface area contributed by atoms with Gasteiger partial charge < -0.3 is 5.73 Å². The van der Waals surface area contributed by atoms with E-state index < -0.39 is 29.0 Å². The van der Waals surface area contributed by atoms with E-state index in [0.29, 0.717) is 5.56 Å². The molecule has 1 aromatic heterocycles. The molecule has 0 amide bonds. The van der Waals surface area contributed by atoms with Crippen LogP contribution < -0.4 is 5.73 Å². The number of hydrogen-bond acceptors (Lipinski definition) is 3. The Kier molecular flexibility index (Phi) is 4.37. The van der Waals surface area contributed by atoms with Gasteiger partial charge in [0.15, 0.2) is 5.78 Å². The summed E-state index contributed by atoms with van der Waals surface area (Å²) in [6.45, 7) is -0.0744. The van der Waals surface area contributed by atoms with Gasteiger partial charge in [0.1, 0.15) is 0 Å². The summed E-state index contributed by atoms with van der Waals surface area (Å²) in [7, 11) is 0. The van der Waals surface area contributed by atoms with E-state index in [-0.39, 0.29) is 6.54 Å². The van der Waals surface area contributed by atoms with Crippen molar-refractivity contribution >= 4 is 5.78 Å². The Morgan fingerprint density at radius 1 is 1.19 bits per heavy atom. The van der Waals surface area contributed by atoms with Crippen molar-refractivity contribution in [3.8, 4) is 0 Å². The van der Waals surface area contributed by atoms with Crippen molar-refractivity contribution < 1.29 is 18.0 Å². The molecule has 0 aliphatic rings. The summed E-state index contributed by atoms with van der Waals surface area (Å²) in [6, 6.07) is 9.30. The number of benzene rings is 1. The Hall–Kier alpha value is -2.21. The normalized spacial score (nSPS) is 13.0. The molecular formula is C15H13F3N2O. The van der Waals surface area contributed by atoms with Gasteiger partial charge in [-0.05, 0) is 11.6 Å². The molecule has 0 aliphatic carbocycles. The second-order valence-electron chi connectivity index (χ2n) is 4.48. The number of carbonyl (C=O) groups is 1. The lowest BCUT2D eigenvalue weighted by molar-refractivity contribution is -0.138. The minimum absolute atomic E-state index is 0.0744. The molecule has 1 atom stereocenters. The minimum Gasteiger partial charge on any atom is -0.329 e. The Labute approximate surface area is 119 Å². The van der Waals surface area contributed by atoms with Crippen LogP contribution in [0.4, 0.5) is 13.2 Å². The third-order valence-electron chi connectivity index (χ3n) is 3.15. The van der Waals surface area contributed by atoms with Crippen LogP contribution in [0.15, 0.2) is 48.8 Å². The number of Topliss-reactive ketones (excluding diaryl/α,β-unsaturated/α-hetero) is 1. The van der Waals surface area contributed by atoms with Crippen LogP contribution in [-0.4, -0.2) is 17.3 Å². The lowest BCUT2D eigenvalue weighted by Crippen LogP contribution is -2.24. The SMILES string of the molecule is NCC(C(=O)c1cnccc1C(F)(F)F)c1ccccc1. The largest absolute Gasteiger partial charge is 0.417 e. The molecule has 1 heterocycles. The molecule has 2 rings (SSSR count). The highest BCUT2D eigenvalue weighted by Crippen LogP contribution is 2.33. The van der Waals surface area contributed by atoms with E-state index in [2.05, 4.69) is 4.98 Å². The molecule has 0 spiro atoms. The molecule has 1 aromatic carbocycles. The van der Waals surface area contributed by atoms with E-state index >= 15 is 0 Å². The van der Waals surface area contributed by atoms with E-state index in [1.165, 1.54) is 0 Å². The third-order valence-corrected chi connectivity index (χ3v) is 3.15. The first-order valence-electron chi connectivity index (χ1n) is 6.25. The molecule has 3 nitrogen and oxygen atoms in total. The number of alkyl halides is 3. The number of rotatable bonds is 4. The summed E-state index contributed by atoms with van der Waals surface area (Å²) in [6.07, 6.45) is -2.65. The maximum absolute atomic E-state index is 13.0. The Balaban J connectivity index is 2.44. The van der Waals surface area contributed by atoms with Crippen LogP contribution >= 0.6 is 0 Å². The molecule has 0 fully saturated rings. The molecule has 0 radical (unpaired) electrons. The van der Waals surface area contributed by atoms with Gasteiger partial charge in [-0.25, -0.2) is 0 Å². The van der Waals surface area contributed by atoms with Crippen LogP contribution in [-0.2, 0) is 6.18 Å². The standard InChI is InChI=1S/C15H13F3N2O/c16-15(17,18)13-6-7-20-9-12(13)14(21)11(8-19)10-4-2-1-3-5-10/h1-7,9,11H,8,19H2. The van der Waals surface area contributed by atoms with Crippen LogP contribution in [0.3, 0.4) is 0 Å². The molecule has 110 valence electrons. The molecule has 1 unspecified atom stereocenters. The molecule has 2 N–H and O–H groups in total. The fraction of sp³-hybridized carbons (Fsp3) is 0.200. The van der Waals surface area contributed by atoms with Crippen LogP contribution in [0.1, 0.15) is 27.4 Å². The highest BCUT2D eigenvalue weighted by Gasteiger charge is 2.36. The van der Waals surface area contributed by atoms with E-state index in [0.717, 1.165) is 18.5 Å². The Morgan fingerprint density at radius 3 is 2.43 bits per heavy atom. The average molecular weight is 294 g/mol. The van der Waals surface area contributed by atoms with Gasteiger partial charge in [-0.3, -0.25) is 9.78 Å². The molecule has 2 aromatic rings. The van der Waals surface area contributed by atoms with Crippen molar-refractivity contribution in [1.82, 2.24) is 4.98 Å². The average Bonchev–Trinajstić information content (AvgIpc) is 2.48. The fourth-order valence-corrected chi connectivity index (χ4v) is 2.11. The fourth-order valence-electron chi connectivity index (χ4n) is 2.11. The van der Waals surface area contributed by atoms with Crippen molar-refractivity contribution in [1.29, 1.82) is 0 Å². The predicted octanol–water partition coefficient (Wildman–Crippen LogP) is 3.03. The summed E-state index contributed by atoms with van der Waals surface area (Å²) in [5.74, 6) is -1.50. The van der Waals surface area contributed by atoms with Crippen molar-refractivity contribution in [2.24, 2.45) is 5.73 Å². The van der Waals surface area contributed by atoms with Crippen LogP contribution in [0.2, 0.25) is 0 Å². The Bertz CT molecular complexity index is 626. The first kappa shape index (κ1) is 15.2. The maximum atomic E-state index is 13.0. The van der Waals surface area contributed by atoms with Gasteiger partial charge in [-0.15, -0.1) is 0 Å². The lowest BCUT2D eigenvalue weighted by atomic mass is 9.89. The second-order valence-corrected chi connectivity index (χ2v) is 4.48. The number of hydrogen-bond donors (Lipinski definition) is 1. The number of aromatic nitrogens is 1. The number of nitrogens with two attached hydrogens (primary N) is 1. The van der Waals surface area contributed by atoms with E-state index in [9.17, 15) is 18.0 Å². The highest BCUT2D eigenvalue weighted by atomic mass is 19.4. The highest BCUT2D eigenvalue weighted by molar-refractivity contribution is 6.02. The summed E-state index contributed by atoms with van der Waals surface area (Å²) >= 11 is 0. The summed E-state index contributed by atoms with van der Waals surface area (Å²) < 4.78 is 38.9. The Morgan fingerprint density at radius 2 is 1.86 bits per heavy atom. The lowest BCUT2D eigenvalue weighted by Gasteiger charge is -2.17. The minimum atomic E-state index is -4.61. The van der Waals surface area contributed by atoms with Crippen LogP contribution in [0.5, 0.6) is 0 Å².